The Morgan fingerprint density at radius 3 is 2.35 bits per heavy atom. The Labute approximate surface area is 123 Å². The molecule has 0 bridgehead atoms. The van der Waals surface area contributed by atoms with Crippen molar-refractivity contribution in [2.45, 2.75) is 46.0 Å². The van der Waals surface area contributed by atoms with Crippen LogP contribution in [0.3, 0.4) is 0 Å². The van der Waals surface area contributed by atoms with Gasteiger partial charge in [-0.1, -0.05) is 19.3 Å². The largest absolute Gasteiger partial charge is 0.459 e. The molecule has 1 rings (SSSR count). The summed E-state index contributed by atoms with van der Waals surface area (Å²) in [7, 11) is 2.18. The van der Waals surface area contributed by atoms with Crippen LogP contribution in [0.15, 0.2) is 0 Å². The molecule has 1 aliphatic carbocycles. The predicted molar refractivity (Wildman–Crippen MR) is 80.2 cm³/mol. The Hall–Kier alpha value is -0.610. The molecular formula is C16H32NO3+. The van der Waals surface area contributed by atoms with Crippen molar-refractivity contribution in [2.75, 3.05) is 39.9 Å². The summed E-state index contributed by atoms with van der Waals surface area (Å²) >= 11 is 0. The zero-order valence-electron chi connectivity index (χ0n) is 13.4. The summed E-state index contributed by atoms with van der Waals surface area (Å²) in [5.41, 5.74) is 0. The van der Waals surface area contributed by atoms with Gasteiger partial charge in [-0.05, 0) is 32.6 Å². The molecule has 1 atom stereocenters. The molecule has 0 spiro atoms. The molecule has 1 aliphatic rings. The number of nitrogens with zero attached hydrogens (tertiary/aromatic N) is 1. The lowest BCUT2D eigenvalue weighted by Crippen LogP contribution is -2.46. The van der Waals surface area contributed by atoms with Gasteiger partial charge in [-0.2, -0.15) is 0 Å². The minimum atomic E-state index is -0.308. The van der Waals surface area contributed by atoms with Crippen LogP contribution in [-0.2, 0) is 9.53 Å². The van der Waals surface area contributed by atoms with E-state index >= 15 is 0 Å². The molecule has 0 amide bonds. The first kappa shape index (κ1) is 17.4. The summed E-state index contributed by atoms with van der Waals surface area (Å²) in [5.74, 6) is -0.185. The standard InChI is InChI=1S/C16H32NO3/c1-4-17(3,5-2)11-12-20-16(19)15(13-18)14-9-7-6-8-10-14/h14-15,18H,4-13H2,1-3H3/q+1. The number of esters is 1. The zero-order valence-corrected chi connectivity index (χ0v) is 13.4. The normalized spacial score (nSPS) is 18.8. The van der Waals surface area contributed by atoms with Gasteiger partial charge in [0.05, 0.1) is 32.7 Å². The van der Waals surface area contributed by atoms with Crippen molar-refractivity contribution < 1.29 is 19.1 Å². The Morgan fingerprint density at radius 1 is 1.25 bits per heavy atom. The maximum absolute atomic E-state index is 12.1. The van der Waals surface area contributed by atoms with Crippen molar-refractivity contribution in [3.05, 3.63) is 0 Å². The maximum Gasteiger partial charge on any atom is 0.311 e. The molecule has 20 heavy (non-hydrogen) atoms. The molecule has 1 fully saturated rings. The van der Waals surface area contributed by atoms with Gasteiger partial charge in [0.25, 0.3) is 0 Å². The van der Waals surface area contributed by atoms with Gasteiger partial charge in [0, 0.05) is 0 Å². The average Bonchev–Trinajstić information content (AvgIpc) is 2.49. The first-order chi connectivity index (χ1) is 9.56. The van der Waals surface area contributed by atoms with Crippen LogP contribution in [0.2, 0.25) is 0 Å². The summed E-state index contributed by atoms with van der Waals surface area (Å²) in [5, 5.41) is 9.50. The quantitative estimate of drug-likeness (QED) is 0.550. The van der Waals surface area contributed by atoms with Gasteiger partial charge >= 0.3 is 5.97 Å². The third-order valence-corrected chi connectivity index (χ3v) is 5.12. The van der Waals surface area contributed by atoms with Crippen LogP contribution < -0.4 is 0 Å². The summed E-state index contributed by atoms with van der Waals surface area (Å²) in [4.78, 5) is 12.1. The van der Waals surface area contributed by atoms with Crippen LogP contribution >= 0.6 is 0 Å². The molecule has 0 aromatic rings. The van der Waals surface area contributed by atoms with E-state index in [-0.39, 0.29) is 18.5 Å². The number of carbonyl (C=O) groups excluding carboxylic acids is 1. The first-order valence-electron chi connectivity index (χ1n) is 8.17. The molecule has 0 heterocycles. The van der Waals surface area contributed by atoms with Gasteiger partial charge in [-0.15, -0.1) is 0 Å². The fourth-order valence-electron chi connectivity index (χ4n) is 2.97. The van der Waals surface area contributed by atoms with E-state index in [9.17, 15) is 9.90 Å². The summed E-state index contributed by atoms with van der Waals surface area (Å²) in [6.45, 7) is 7.63. The van der Waals surface area contributed by atoms with Crippen LogP contribution in [0.1, 0.15) is 46.0 Å². The van der Waals surface area contributed by atoms with Crippen molar-refractivity contribution in [3.63, 3.8) is 0 Å². The molecule has 1 N–H and O–H groups in total. The Morgan fingerprint density at radius 2 is 1.85 bits per heavy atom. The van der Waals surface area contributed by atoms with Crippen LogP contribution in [0, 0.1) is 11.8 Å². The summed E-state index contributed by atoms with van der Waals surface area (Å²) in [6, 6.07) is 0. The number of ether oxygens (including phenoxy) is 1. The van der Waals surface area contributed by atoms with E-state index in [2.05, 4.69) is 20.9 Å². The highest BCUT2D eigenvalue weighted by Crippen LogP contribution is 2.30. The second kappa shape index (κ2) is 8.63. The van der Waals surface area contributed by atoms with Crippen LogP contribution in [0.25, 0.3) is 0 Å². The average molecular weight is 286 g/mol. The van der Waals surface area contributed by atoms with Crippen LogP contribution in [0.4, 0.5) is 0 Å². The molecule has 4 nitrogen and oxygen atoms in total. The molecule has 1 saturated carbocycles. The van der Waals surface area contributed by atoms with Gasteiger partial charge < -0.3 is 14.3 Å². The molecule has 0 radical (unpaired) electrons. The van der Waals surface area contributed by atoms with Gasteiger partial charge in [-0.3, -0.25) is 4.79 Å². The highest BCUT2D eigenvalue weighted by Gasteiger charge is 2.30. The van der Waals surface area contributed by atoms with Gasteiger partial charge in [0.15, 0.2) is 0 Å². The van der Waals surface area contributed by atoms with Crippen LogP contribution in [0.5, 0.6) is 0 Å². The Balaban J connectivity index is 2.39. The van der Waals surface area contributed by atoms with Gasteiger partial charge in [0.1, 0.15) is 13.2 Å². The molecular weight excluding hydrogens is 254 g/mol. The fourth-order valence-corrected chi connectivity index (χ4v) is 2.97. The molecule has 0 aliphatic heterocycles. The van der Waals surface area contributed by atoms with Crippen molar-refractivity contribution in [1.82, 2.24) is 0 Å². The van der Waals surface area contributed by atoms with Crippen molar-refractivity contribution >= 4 is 5.97 Å². The van der Waals surface area contributed by atoms with E-state index in [1.807, 2.05) is 0 Å². The number of aliphatic hydroxyl groups is 1. The molecule has 0 saturated heterocycles. The van der Waals surface area contributed by atoms with E-state index in [1.165, 1.54) is 19.3 Å². The van der Waals surface area contributed by atoms with Crippen molar-refractivity contribution in [1.29, 1.82) is 0 Å². The Bertz CT molecular complexity index is 283. The first-order valence-corrected chi connectivity index (χ1v) is 8.17. The SMILES string of the molecule is CC[N+](C)(CC)CCOC(=O)C(CO)C1CCCCC1. The number of hydrogen-bond donors (Lipinski definition) is 1. The highest BCUT2D eigenvalue weighted by atomic mass is 16.5. The van der Waals surface area contributed by atoms with Gasteiger partial charge in [0.2, 0.25) is 0 Å². The summed E-state index contributed by atoms with van der Waals surface area (Å²) in [6.07, 6.45) is 5.72. The van der Waals surface area contributed by atoms with Crippen molar-refractivity contribution in [3.8, 4) is 0 Å². The third-order valence-electron chi connectivity index (χ3n) is 5.12. The molecule has 118 valence electrons. The predicted octanol–water partition coefficient (Wildman–Crippen LogP) is 2.20. The van der Waals surface area contributed by atoms with Crippen molar-refractivity contribution in [2.24, 2.45) is 11.8 Å². The van der Waals surface area contributed by atoms with Crippen LogP contribution in [-0.4, -0.2) is 55.5 Å². The third kappa shape index (κ3) is 5.06. The van der Waals surface area contributed by atoms with E-state index in [0.717, 1.165) is 37.0 Å². The number of rotatable bonds is 8. The number of quaternary nitrogens is 1. The maximum atomic E-state index is 12.1. The summed E-state index contributed by atoms with van der Waals surface area (Å²) < 4.78 is 6.35. The van der Waals surface area contributed by atoms with E-state index < -0.39 is 0 Å². The minimum absolute atomic E-state index is 0.0722. The van der Waals surface area contributed by atoms with E-state index in [1.54, 1.807) is 0 Å². The topological polar surface area (TPSA) is 46.5 Å². The molecule has 1 unspecified atom stereocenters. The molecule has 0 aromatic carbocycles. The lowest BCUT2D eigenvalue weighted by atomic mass is 9.80. The lowest BCUT2D eigenvalue weighted by Gasteiger charge is -2.32. The zero-order chi connectivity index (χ0) is 15.0. The number of hydrogen-bond acceptors (Lipinski definition) is 3. The number of aliphatic hydroxyl groups excluding tert-OH is 1. The second-order valence-corrected chi connectivity index (χ2v) is 6.33. The second-order valence-electron chi connectivity index (χ2n) is 6.33. The Kier molecular flexibility index (Phi) is 7.52. The lowest BCUT2D eigenvalue weighted by molar-refractivity contribution is -0.906. The minimum Gasteiger partial charge on any atom is -0.459 e. The molecule has 0 aromatic heterocycles. The monoisotopic (exact) mass is 286 g/mol. The van der Waals surface area contributed by atoms with E-state index in [4.69, 9.17) is 4.74 Å². The number of likely N-dealkylation sites (N-methyl/N-ethyl adjacent to an activating group) is 1. The molecule has 4 heteroatoms. The van der Waals surface area contributed by atoms with E-state index in [0.29, 0.717) is 12.5 Å². The van der Waals surface area contributed by atoms with Gasteiger partial charge in [-0.25, -0.2) is 0 Å². The highest BCUT2D eigenvalue weighted by molar-refractivity contribution is 5.72. The fraction of sp³-hybridized carbons (Fsp3) is 0.938. The smallest absolute Gasteiger partial charge is 0.311 e. The number of carbonyl (C=O) groups is 1.